The third-order valence-electron chi connectivity index (χ3n) is 4.85. The Bertz CT molecular complexity index is 798. The van der Waals surface area contributed by atoms with Crippen molar-refractivity contribution in [3.63, 3.8) is 0 Å². The average Bonchev–Trinajstić information content (AvgIpc) is 3.00. The molecule has 2 aliphatic rings. The van der Waals surface area contributed by atoms with Crippen LogP contribution in [0.5, 0.6) is 5.75 Å². The van der Waals surface area contributed by atoms with E-state index in [-0.39, 0.29) is 39.7 Å². The summed E-state index contributed by atoms with van der Waals surface area (Å²) in [6.07, 6.45) is -2.79. The maximum Gasteiger partial charge on any atom is 0.422 e. The van der Waals surface area contributed by atoms with Crippen molar-refractivity contribution in [1.29, 1.82) is 0 Å². The van der Waals surface area contributed by atoms with E-state index in [0.717, 1.165) is 0 Å². The second-order valence-electron chi connectivity index (χ2n) is 6.59. The lowest BCUT2D eigenvalue weighted by Gasteiger charge is -2.28. The molecule has 0 radical (unpaired) electrons. The maximum absolute atomic E-state index is 12.7. The Morgan fingerprint density at radius 2 is 1.81 bits per heavy atom. The molecule has 138 valence electrons. The van der Waals surface area contributed by atoms with Crippen molar-refractivity contribution in [3.05, 3.63) is 28.3 Å². The van der Waals surface area contributed by atoms with Crippen LogP contribution in [0.1, 0.15) is 43.2 Å². The zero-order chi connectivity index (χ0) is 19.1. The van der Waals surface area contributed by atoms with E-state index in [1.807, 2.05) is 0 Å². The number of hydrogen-bond acceptors (Lipinski definition) is 3. The molecular formula is C19H16ClF3O3. The molecule has 1 aromatic carbocycles. The van der Waals surface area contributed by atoms with Gasteiger partial charge in [0.1, 0.15) is 11.7 Å². The van der Waals surface area contributed by atoms with Gasteiger partial charge in [-0.05, 0) is 38.3 Å². The normalized spacial score (nSPS) is 25.0. The van der Waals surface area contributed by atoms with Crippen molar-refractivity contribution in [1.82, 2.24) is 0 Å². The van der Waals surface area contributed by atoms with Crippen LogP contribution in [0.25, 0.3) is 0 Å². The molecule has 2 atom stereocenters. The van der Waals surface area contributed by atoms with E-state index in [2.05, 4.69) is 11.8 Å². The summed E-state index contributed by atoms with van der Waals surface area (Å²) >= 11 is 6.27. The summed E-state index contributed by atoms with van der Waals surface area (Å²) in [6.45, 7) is 0.0330. The Morgan fingerprint density at radius 1 is 1.19 bits per heavy atom. The van der Waals surface area contributed by atoms with Crippen LogP contribution >= 0.6 is 11.6 Å². The average molecular weight is 385 g/mol. The highest BCUT2D eigenvalue weighted by Crippen LogP contribution is 2.47. The number of alkyl halides is 3. The molecule has 3 rings (SSSR count). The number of fused-ring (bicyclic) bond motifs is 2. The fourth-order valence-corrected chi connectivity index (χ4v) is 4.08. The zero-order valence-corrected chi connectivity index (χ0v) is 14.7. The summed E-state index contributed by atoms with van der Waals surface area (Å²) in [5.41, 5.74) is 0.390. The third-order valence-corrected chi connectivity index (χ3v) is 5.16. The molecule has 0 spiro atoms. The number of halogens is 4. The molecule has 0 aromatic heterocycles. The van der Waals surface area contributed by atoms with Crippen molar-refractivity contribution in [2.24, 2.45) is 11.8 Å². The van der Waals surface area contributed by atoms with Crippen LogP contribution in [0.2, 0.25) is 5.02 Å². The first kappa shape index (κ1) is 18.8. The van der Waals surface area contributed by atoms with Gasteiger partial charge in [0.15, 0.2) is 18.2 Å². The van der Waals surface area contributed by atoms with Gasteiger partial charge in [-0.3, -0.25) is 9.59 Å². The van der Waals surface area contributed by atoms with Gasteiger partial charge in [0.05, 0.1) is 0 Å². The van der Waals surface area contributed by atoms with E-state index in [0.29, 0.717) is 24.8 Å². The van der Waals surface area contributed by atoms with Crippen LogP contribution in [0.15, 0.2) is 12.1 Å². The van der Waals surface area contributed by atoms with Crippen LogP contribution in [-0.2, 0) is 9.59 Å². The largest absolute Gasteiger partial charge is 0.484 e. The molecule has 1 aromatic rings. The van der Waals surface area contributed by atoms with Gasteiger partial charge in [-0.2, -0.15) is 13.2 Å². The van der Waals surface area contributed by atoms with E-state index in [1.165, 1.54) is 12.1 Å². The molecule has 0 saturated heterocycles. The summed E-state index contributed by atoms with van der Waals surface area (Å²) in [5.74, 6) is 2.91. The fraction of sp³-hybridized carbons (Fsp3) is 0.474. The van der Waals surface area contributed by atoms with Gasteiger partial charge < -0.3 is 4.74 Å². The van der Waals surface area contributed by atoms with Gasteiger partial charge in [0, 0.05) is 28.0 Å². The quantitative estimate of drug-likeness (QED) is 0.576. The number of carbonyl (C=O) groups is 2. The van der Waals surface area contributed by atoms with Gasteiger partial charge in [-0.25, -0.2) is 0 Å². The van der Waals surface area contributed by atoms with Gasteiger partial charge in [-0.1, -0.05) is 17.5 Å². The van der Waals surface area contributed by atoms with E-state index < -0.39 is 18.7 Å². The number of carbonyl (C=O) groups excluding carboxylic acids is 2. The van der Waals surface area contributed by atoms with Gasteiger partial charge in [0.25, 0.3) is 0 Å². The Balaban J connectivity index is 2.08. The molecule has 2 unspecified atom stereocenters. The summed E-state index contributed by atoms with van der Waals surface area (Å²) in [7, 11) is 0. The predicted octanol–water partition coefficient (Wildman–Crippen LogP) is 4.30. The second-order valence-corrected chi connectivity index (χ2v) is 7.00. The number of ketones is 2. The molecule has 2 fully saturated rings. The molecule has 0 amide bonds. The lowest BCUT2D eigenvalue weighted by molar-refractivity contribution is -0.153. The highest BCUT2D eigenvalue weighted by atomic mass is 35.5. The lowest BCUT2D eigenvalue weighted by atomic mass is 9.75. The molecule has 3 nitrogen and oxygen atoms in total. The second kappa shape index (κ2) is 6.96. The van der Waals surface area contributed by atoms with Gasteiger partial charge >= 0.3 is 6.18 Å². The van der Waals surface area contributed by atoms with Crippen molar-refractivity contribution in [3.8, 4) is 17.6 Å². The van der Waals surface area contributed by atoms with Crippen LogP contribution in [-0.4, -0.2) is 24.3 Å². The summed E-state index contributed by atoms with van der Waals surface area (Å²) in [6, 6.07) is 2.76. The minimum absolute atomic E-state index is 0.0235. The lowest BCUT2D eigenvalue weighted by Crippen LogP contribution is -2.35. The smallest absolute Gasteiger partial charge is 0.422 e. The van der Waals surface area contributed by atoms with Crippen molar-refractivity contribution >= 4 is 23.2 Å². The van der Waals surface area contributed by atoms with E-state index >= 15 is 0 Å². The molecule has 2 bridgehead atoms. The molecule has 2 aliphatic carbocycles. The number of Topliss-reactive ketones (excluding diaryl/α,β-unsaturated/α-hetero) is 2. The molecule has 7 heteroatoms. The third kappa shape index (κ3) is 3.59. The van der Waals surface area contributed by atoms with Crippen molar-refractivity contribution < 1.29 is 27.5 Å². The first-order valence-electron chi connectivity index (χ1n) is 8.24. The molecule has 2 saturated carbocycles. The van der Waals surface area contributed by atoms with Gasteiger partial charge in [0.2, 0.25) is 0 Å². The minimum atomic E-state index is -4.56. The Labute approximate surface area is 153 Å². The van der Waals surface area contributed by atoms with Crippen molar-refractivity contribution in [2.45, 2.75) is 38.3 Å². The first-order chi connectivity index (χ1) is 12.2. The summed E-state index contributed by atoms with van der Waals surface area (Å²) < 4.78 is 42.8. The standard InChI is InChI=1S/C19H16ClF3O3/c1-2-3-10-6-13(20)15(14(7-10)26-9-19(21,22)23)16-17(24)11-4-5-12(8-11)18(16)25/h6-7,11-12,16H,4-5,8-9H2,1H3. The molecule has 26 heavy (non-hydrogen) atoms. The van der Waals surface area contributed by atoms with E-state index in [1.54, 1.807) is 6.92 Å². The minimum Gasteiger partial charge on any atom is -0.484 e. The maximum atomic E-state index is 12.7. The number of rotatable bonds is 3. The van der Waals surface area contributed by atoms with E-state index in [9.17, 15) is 22.8 Å². The topological polar surface area (TPSA) is 43.4 Å². The van der Waals surface area contributed by atoms with Crippen molar-refractivity contribution in [2.75, 3.05) is 6.61 Å². The van der Waals surface area contributed by atoms with Crippen LogP contribution in [0.3, 0.4) is 0 Å². The van der Waals surface area contributed by atoms with Crippen LogP contribution in [0, 0.1) is 23.7 Å². The van der Waals surface area contributed by atoms with E-state index in [4.69, 9.17) is 16.3 Å². The van der Waals surface area contributed by atoms with Crippen LogP contribution in [0.4, 0.5) is 13.2 Å². The summed E-state index contributed by atoms with van der Waals surface area (Å²) in [4.78, 5) is 25.5. The number of hydrogen-bond donors (Lipinski definition) is 0. The molecule has 0 N–H and O–H groups in total. The number of ether oxygens (including phenoxy) is 1. The highest BCUT2D eigenvalue weighted by molar-refractivity contribution is 6.33. The molecule has 0 aliphatic heterocycles. The zero-order valence-electron chi connectivity index (χ0n) is 14.0. The Kier molecular flexibility index (Phi) is 5.03. The van der Waals surface area contributed by atoms with Crippen LogP contribution < -0.4 is 4.74 Å². The molecular weight excluding hydrogens is 369 g/mol. The Morgan fingerprint density at radius 3 is 2.35 bits per heavy atom. The Hall–Kier alpha value is -2.00. The predicted molar refractivity (Wildman–Crippen MR) is 89.1 cm³/mol. The SMILES string of the molecule is CC#Cc1cc(Cl)c(C2C(=O)C3CCC(C3)C2=O)c(OCC(F)(F)F)c1. The number of benzene rings is 1. The monoisotopic (exact) mass is 384 g/mol. The fourth-order valence-electron chi connectivity index (χ4n) is 3.76. The van der Waals surface area contributed by atoms with Gasteiger partial charge in [-0.15, -0.1) is 5.92 Å². The first-order valence-corrected chi connectivity index (χ1v) is 8.62. The molecule has 0 heterocycles. The summed E-state index contributed by atoms with van der Waals surface area (Å²) in [5, 5.41) is 0.0235. The highest BCUT2D eigenvalue weighted by Gasteiger charge is 2.49.